The summed E-state index contributed by atoms with van der Waals surface area (Å²) in [6.45, 7) is 1.51. The van der Waals surface area contributed by atoms with Gasteiger partial charge in [-0.05, 0) is 38.3 Å². The van der Waals surface area contributed by atoms with Gasteiger partial charge in [0.1, 0.15) is 5.82 Å². The minimum absolute atomic E-state index is 0.00795. The number of fused-ring (bicyclic) bond motifs is 1. The van der Waals surface area contributed by atoms with Crippen molar-refractivity contribution in [3.63, 3.8) is 0 Å². The first-order valence-electron chi connectivity index (χ1n) is 7.03. The number of Topliss-reactive ketones (excluding diaryl/α,β-unsaturated/α-hetero) is 1. The molecule has 2 aromatic rings. The van der Waals surface area contributed by atoms with Crippen LogP contribution in [0, 0.1) is 0 Å². The van der Waals surface area contributed by atoms with Crippen LogP contribution in [0.1, 0.15) is 45.3 Å². The second kappa shape index (κ2) is 5.16. The van der Waals surface area contributed by atoms with Crippen LogP contribution in [0.15, 0.2) is 24.3 Å². The van der Waals surface area contributed by atoms with E-state index < -0.39 is 0 Å². The van der Waals surface area contributed by atoms with E-state index >= 15 is 0 Å². The fourth-order valence-electron chi connectivity index (χ4n) is 2.71. The molecule has 0 saturated heterocycles. The number of carbonyl (C=O) groups excluding carboxylic acids is 2. The van der Waals surface area contributed by atoms with Crippen molar-refractivity contribution in [3.8, 4) is 0 Å². The Balaban J connectivity index is 1.82. The van der Waals surface area contributed by atoms with Crippen molar-refractivity contribution in [1.82, 2.24) is 9.78 Å². The molecule has 1 aliphatic carbocycles. The lowest BCUT2D eigenvalue weighted by Gasteiger charge is -2.08. The van der Waals surface area contributed by atoms with E-state index in [-0.39, 0.29) is 11.7 Å². The number of aryl methyl sites for hydroxylation is 2. The topological polar surface area (TPSA) is 64.0 Å². The molecule has 0 radical (unpaired) electrons. The highest BCUT2D eigenvalue weighted by molar-refractivity contribution is 6.05. The maximum absolute atomic E-state index is 12.3. The molecule has 0 saturated carbocycles. The molecule has 0 atom stereocenters. The van der Waals surface area contributed by atoms with Crippen LogP contribution < -0.4 is 5.32 Å². The van der Waals surface area contributed by atoms with Crippen molar-refractivity contribution < 1.29 is 9.59 Å². The summed E-state index contributed by atoms with van der Waals surface area (Å²) in [5.41, 5.74) is 3.37. The monoisotopic (exact) mass is 283 g/mol. The van der Waals surface area contributed by atoms with Gasteiger partial charge in [0.15, 0.2) is 5.78 Å². The summed E-state index contributed by atoms with van der Waals surface area (Å²) in [5, 5.41) is 7.36. The Morgan fingerprint density at radius 2 is 1.81 bits per heavy atom. The molecule has 0 unspecified atom stereocenters. The van der Waals surface area contributed by atoms with Crippen molar-refractivity contribution in [2.24, 2.45) is 7.05 Å². The van der Waals surface area contributed by atoms with Gasteiger partial charge < -0.3 is 5.32 Å². The third kappa shape index (κ3) is 2.46. The van der Waals surface area contributed by atoms with Crippen molar-refractivity contribution in [3.05, 3.63) is 46.6 Å². The molecule has 21 heavy (non-hydrogen) atoms. The maximum Gasteiger partial charge on any atom is 0.256 e. The second-order valence-electron chi connectivity index (χ2n) is 5.34. The van der Waals surface area contributed by atoms with E-state index in [2.05, 4.69) is 10.4 Å². The van der Waals surface area contributed by atoms with Crippen molar-refractivity contribution in [2.75, 3.05) is 5.32 Å². The molecule has 3 rings (SSSR count). The lowest BCUT2D eigenvalue weighted by Crippen LogP contribution is -2.15. The van der Waals surface area contributed by atoms with Gasteiger partial charge in [0.05, 0.1) is 5.69 Å². The van der Waals surface area contributed by atoms with Crippen molar-refractivity contribution in [2.45, 2.75) is 26.2 Å². The smallest absolute Gasteiger partial charge is 0.256 e. The minimum atomic E-state index is -0.178. The Hall–Kier alpha value is -2.43. The first-order chi connectivity index (χ1) is 10.1. The number of nitrogens with zero attached hydrogens (tertiary/aromatic N) is 2. The van der Waals surface area contributed by atoms with E-state index in [9.17, 15) is 9.59 Å². The van der Waals surface area contributed by atoms with Crippen molar-refractivity contribution >= 4 is 17.5 Å². The first kappa shape index (κ1) is 13.5. The first-order valence-corrected chi connectivity index (χ1v) is 7.03. The highest BCUT2D eigenvalue weighted by Gasteiger charge is 2.22. The maximum atomic E-state index is 12.3. The Labute approximate surface area is 123 Å². The van der Waals surface area contributed by atoms with Gasteiger partial charge in [0, 0.05) is 23.7 Å². The van der Waals surface area contributed by atoms with Crippen LogP contribution in [-0.2, 0) is 19.9 Å². The molecule has 5 heteroatoms. The highest BCUT2D eigenvalue weighted by Crippen LogP contribution is 2.28. The minimum Gasteiger partial charge on any atom is -0.307 e. The average Bonchev–Trinajstić information content (AvgIpc) is 3.02. The molecule has 1 aromatic carbocycles. The van der Waals surface area contributed by atoms with Crippen LogP contribution >= 0.6 is 0 Å². The summed E-state index contributed by atoms with van der Waals surface area (Å²) in [6, 6.07) is 6.68. The molecule has 1 aliphatic rings. The number of aromatic nitrogens is 2. The van der Waals surface area contributed by atoms with Crippen molar-refractivity contribution in [1.29, 1.82) is 0 Å². The number of benzene rings is 1. The van der Waals surface area contributed by atoms with Crippen LogP contribution in [0.25, 0.3) is 0 Å². The molecule has 1 N–H and O–H groups in total. The largest absolute Gasteiger partial charge is 0.307 e. The van der Waals surface area contributed by atoms with Gasteiger partial charge >= 0.3 is 0 Å². The number of carbonyl (C=O) groups is 2. The Morgan fingerprint density at radius 3 is 2.48 bits per heavy atom. The molecule has 5 nitrogen and oxygen atoms in total. The summed E-state index contributed by atoms with van der Waals surface area (Å²) in [7, 11) is 1.84. The molecular formula is C16H17N3O2. The number of rotatable bonds is 3. The van der Waals surface area contributed by atoms with Gasteiger partial charge in [-0.25, -0.2) is 0 Å². The summed E-state index contributed by atoms with van der Waals surface area (Å²) in [6.07, 6.45) is 3.03. The van der Waals surface area contributed by atoms with Gasteiger partial charge in [-0.1, -0.05) is 12.1 Å². The van der Waals surface area contributed by atoms with Gasteiger partial charge in [-0.2, -0.15) is 5.10 Å². The molecule has 0 spiro atoms. The fourth-order valence-corrected chi connectivity index (χ4v) is 2.71. The van der Waals surface area contributed by atoms with Gasteiger partial charge in [-0.15, -0.1) is 0 Å². The summed E-state index contributed by atoms with van der Waals surface area (Å²) in [5.74, 6) is 0.595. The number of hydrogen-bond donors (Lipinski definition) is 1. The molecular weight excluding hydrogens is 266 g/mol. The van der Waals surface area contributed by atoms with Crippen LogP contribution in [0.4, 0.5) is 5.82 Å². The van der Waals surface area contributed by atoms with Gasteiger partial charge in [0.2, 0.25) is 0 Å². The molecule has 0 fully saturated rings. The number of ketones is 1. The highest BCUT2D eigenvalue weighted by atomic mass is 16.1. The van der Waals surface area contributed by atoms with E-state index in [1.165, 1.54) is 6.92 Å². The molecule has 0 aliphatic heterocycles. The zero-order chi connectivity index (χ0) is 15.0. The number of anilines is 1. The Morgan fingerprint density at radius 1 is 1.14 bits per heavy atom. The van der Waals surface area contributed by atoms with E-state index in [1.54, 1.807) is 28.9 Å². The van der Waals surface area contributed by atoms with Crippen LogP contribution in [0.2, 0.25) is 0 Å². The normalized spacial score (nSPS) is 13.0. The van der Waals surface area contributed by atoms with E-state index in [0.717, 1.165) is 36.3 Å². The van der Waals surface area contributed by atoms with Gasteiger partial charge in [0.25, 0.3) is 5.91 Å². The SMILES string of the molecule is CC(=O)c1ccc(C(=O)Nc2c3c(nn2C)CCC3)cc1. The number of nitrogens with one attached hydrogen (secondary N) is 1. The quantitative estimate of drug-likeness (QED) is 0.879. The Bertz CT molecular complexity index is 714. The van der Waals surface area contributed by atoms with E-state index in [0.29, 0.717) is 11.1 Å². The molecule has 1 amide bonds. The standard InChI is InChI=1S/C16H17N3O2/c1-10(20)11-6-8-12(9-7-11)16(21)17-15-13-4-3-5-14(13)18-19(15)2/h6-9H,3-5H2,1-2H3,(H,17,21). The second-order valence-corrected chi connectivity index (χ2v) is 5.34. The van der Waals surface area contributed by atoms with Crippen LogP contribution in [0.5, 0.6) is 0 Å². The number of hydrogen-bond acceptors (Lipinski definition) is 3. The molecule has 1 heterocycles. The lowest BCUT2D eigenvalue weighted by molar-refractivity contribution is 0.100. The summed E-state index contributed by atoms with van der Waals surface area (Å²) in [4.78, 5) is 23.6. The average molecular weight is 283 g/mol. The zero-order valence-electron chi connectivity index (χ0n) is 12.1. The lowest BCUT2D eigenvalue weighted by atomic mass is 10.1. The summed E-state index contributed by atoms with van der Waals surface area (Å²) >= 11 is 0. The fraction of sp³-hybridized carbons (Fsp3) is 0.312. The zero-order valence-corrected chi connectivity index (χ0v) is 12.1. The van der Waals surface area contributed by atoms with Crippen LogP contribution in [0.3, 0.4) is 0 Å². The summed E-state index contributed by atoms with van der Waals surface area (Å²) < 4.78 is 1.73. The molecule has 1 aromatic heterocycles. The van der Waals surface area contributed by atoms with E-state index in [1.807, 2.05) is 7.05 Å². The van der Waals surface area contributed by atoms with Gasteiger partial charge in [-0.3, -0.25) is 14.3 Å². The number of amides is 1. The predicted molar refractivity (Wildman–Crippen MR) is 79.6 cm³/mol. The molecule has 108 valence electrons. The third-order valence-electron chi connectivity index (χ3n) is 3.85. The van der Waals surface area contributed by atoms with Crippen LogP contribution in [-0.4, -0.2) is 21.5 Å². The molecule has 0 bridgehead atoms. The predicted octanol–water partition coefficient (Wildman–Crippen LogP) is 2.36. The third-order valence-corrected chi connectivity index (χ3v) is 3.85. The van der Waals surface area contributed by atoms with E-state index in [4.69, 9.17) is 0 Å². The Kier molecular flexibility index (Phi) is 3.33.